The third-order valence-corrected chi connectivity index (χ3v) is 4.48. The second kappa shape index (κ2) is 6.38. The Morgan fingerprint density at radius 2 is 1.76 bits per heavy atom. The molecule has 1 atom stereocenters. The summed E-state index contributed by atoms with van der Waals surface area (Å²) in [5.74, 6) is 0. The van der Waals surface area contributed by atoms with Gasteiger partial charge in [0, 0.05) is 10.6 Å². The number of hydrogen-bond acceptors (Lipinski definition) is 4. The van der Waals surface area contributed by atoms with Crippen molar-refractivity contribution in [2.24, 2.45) is 0 Å². The first kappa shape index (κ1) is 13.6. The lowest BCUT2D eigenvalue weighted by Crippen LogP contribution is -1.95. The lowest BCUT2D eigenvalue weighted by molar-refractivity contribution is 0.969. The monoisotopic (exact) mass is 291 g/mol. The van der Waals surface area contributed by atoms with Crippen molar-refractivity contribution in [1.29, 1.82) is 5.26 Å². The maximum Gasteiger partial charge on any atom is 0.117 e. The first-order valence-corrected chi connectivity index (χ1v) is 7.55. The summed E-state index contributed by atoms with van der Waals surface area (Å²) in [5, 5.41) is 11.1. The average Bonchev–Trinajstić information content (AvgIpc) is 2.55. The molecule has 0 aliphatic rings. The molecule has 1 heterocycles. The predicted octanol–water partition coefficient (Wildman–Crippen LogP) is 4.38. The molecule has 3 aromatic rings. The van der Waals surface area contributed by atoms with Gasteiger partial charge in [0.2, 0.25) is 0 Å². The van der Waals surface area contributed by atoms with E-state index < -0.39 is 0 Å². The molecule has 1 unspecified atom stereocenters. The SMILES string of the molecule is N#CCC(Sc1ncnc2ccccc12)c1ccccc1. The van der Waals surface area contributed by atoms with Crippen LogP contribution in [0.2, 0.25) is 0 Å². The van der Waals surface area contributed by atoms with Crippen LogP contribution in [0.1, 0.15) is 17.2 Å². The Hall–Kier alpha value is -2.38. The maximum atomic E-state index is 9.09. The molecule has 0 amide bonds. The molecule has 0 spiro atoms. The Morgan fingerprint density at radius 3 is 2.57 bits per heavy atom. The lowest BCUT2D eigenvalue weighted by atomic mass is 10.1. The zero-order chi connectivity index (χ0) is 14.5. The van der Waals surface area contributed by atoms with Gasteiger partial charge in [-0.15, -0.1) is 0 Å². The second-order valence-electron chi connectivity index (χ2n) is 4.58. The Bertz CT molecular complexity index is 775. The summed E-state index contributed by atoms with van der Waals surface area (Å²) in [4.78, 5) is 8.68. The summed E-state index contributed by atoms with van der Waals surface area (Å²) < 4.78 is 0. The van der Waals surface area contributed by atoms with E-state index in [1.807, 2.05) is 42.5 Å². The minimum atomic E-state index is 0.0782. The molecule has 3 rings (SSSR count). The van der Waals surface area contributed by atoms with Gasteiger partial charge < -0.3 is 0 Å². The zero-order valence-electron chi connectivity index (χ0n) is 11.3. The first-order valence-electron chi connectivity index (χ1n) is 6.67. The smallest absolute Gasteiger partial charge is 0.117 e. The van der Waals surface area contributed by atoms with Gasteiger partial charge >= 0.3 is 0 Å². The molecule has 0 fully saturated rings. The van der Waals surface area contributed by atoms with Crippen LogP contribution >= 0.6 is 11.8 Å². The lowest BCUT2D eigenvalue weighted by Gasteiger charge is -2.14. The van der Waals surface area contributed by atoms with E-state index in [-0.39, 0.29) is 5.25 Å². The van der Waals surface area contributed by atoms with Crippen molar-refractivity contribution in [2.75, 3.05) is 0 Å². The molecule has 102 valence electrons. The van der Waals surface area contributed by atoms with Crippen molar-refractivity contribution < 1.29 is 0 Å². The minimum absolute atomic E-state index is 0.0782. The van der Waals surface area contributed by atoms with Gasteiger partial charge in [-0.3, -0.25) is 0 Å². The van der Waals surface area contributed by atoms with Crippen molar-refractivity contribution in [2.45, 2.75) is 16.7 Å². The summed E-state index contributed by atoms with van der Waals surface area (Å²) in [7, 11) is 0. The van der Waals surface area contributed by atoms with Gasteiger partial charge in [0.15, 0.2) is 0 Å². The molecule has 3 nitrogen and oxygen atoms in total. The number of aromatic nitrogens is 2. The fourth-order valence-corrected chi connectivity index (χ4v) is 3.32. The molecule has 4 heteroatoms. The predicted molar refractivity (Wildman–Crippen MR) is 84.8 cm³/mol. The van der Waals surface area contributed by atoms with Crippen LogP contribution in [-0.2, 0) is 0 Å². The van der Waals surface area contributed by atoms with Gasteiger partial charge in [-0.1, -0.05) is 60.3 Å². The van der Waals surface area contributed by atoms with E-state index in [0.717, 1.165) is 21.5 Å². The molecule has 21 heavy (non-hydrogen) atoms. The summed E-state index contributed by atoms with van der Waals surface area (Å²) >= 11 is 1.62. The molecule has 0 saturated carbocycles. The van der Waals surface area contributed by atoms with Gasteiger partial charge in [0.05, 0.1) is 18.0 Å². The maximum absolute atomic E-state index is 9.09. The molecular weight excluding hydrogens is 278 g/mol. The molecule has 0 radical (unpaired) electrons. The van der Waals surface area contributed by atoms with Crippen LogP contribution in [-0.4, -0.2) is 9.97 Å². The number of nitrogens with zero attached hydrogens (tertiary/aromatic N) is 3. The van der Waals surface area contributed by atoms with Crippen molar-refractivity contribution in [3.8, 4) is 6.07 Å². The highest BCUT2D eigenvalue weighted by Gasteiger charge is 2.15. The van der Waals surface area contributed by atoms with Crippen LogP contribution in [0.4, 0.5) is 0 Å². The van der Waals surface area contributed by atoms with Gasteiger partial charge in [-0.25, -0.2) is 9.97 Å². The number of thioether (sulfide) groups is 1. The minimum Gasteiger partial charge on any atom is -0.236 e. The molecule has 0 bridgehead atoms. The molecule has 0 aliphatic carbocycles. The standard InChI is InChI=1S/C17H13N3S/c18-11-10-16(13-6-2-1-3-7-13)21-17-14-8-4-5-9-15(14)19-12-20-17/h1-9,12,16H,10H2. The Kier molecular flexibility index (Phi) is 4.13. The van der Waals surface area contributed by atoms with Crippen LogP contribution in [0.3, 0.4) is 0 Å². The van der Waals surface area contributed by atoms with Gasteiger partial charge in [-0.05, 0) is 11.6 Å². The van der Waals surface area contributed by atoms with E-state index in [0.29, 0.717) is 6.42 Å². The van der Waals surface area contributed by atoms with Crippen molar-refractivity contribution >= 4 is 22.7 Å². The van der Waals surface area contributed by atoms with Crippen molar-refractivity contribution in [3.05, 3.63) is 66.5 Å². The molecular formula is C17H13N3S. The van der Waals surface area contributed by atoms with E-state index in [4.69, 9.17) is 5.26 Å². The summed E-state index contributed by atoms with van der Waals surface area (Å²) in [6.45, 7) is 0. The quantitative estimate of drug-likeness (QED) is 0.529. The van der Waals surface area contributed by atoms with Crippen molar-refractivity contribution in [3.63, 3.8) is 0 Å². The highest BCUT2D eigenvalue weighted by molar-refractivity contribution is 7.99. The molecule has 0 saturated heterocycles. The number of fused-ring (bicyclic) bond motifs is 1. The highest BCUT2D eigenvalue weighted by atomic mass is 32.2. The number of hydrogen-bond donors (Lipinski definition) is 0. The fraction of sp³-hybridized carbons (Fsp3) is 0.118. The third kappa shape index (κ3) is 3.04. The highest BCUT2D eigenvalue weighted by Crippen LogP contribution is 2.38. The van der Waals surface area contributed by atoms with E-state index in [1.54, 1.807) is 18.1 Å². The van der Waals surface area contributed by atoms with Crippen LogP contribution in [0, 0.1) is 11.3 Å². The van der Waals surface area contributed by atoms with Gasteiger partial charge in [-0.2, -0.15) is 5.26 Å². The summed E-state index contributed by atoms with van der Waals surface area (Å²) in [5.41, 5.74) is 2.07. The van der Waals surface area contributed by atoms with E-state index in [2.05, 4.69) is 28.2 Å². The fourth-order valence-electron chi connectivity index (χ4n) is 2.19. The molecule has 0 aliphatic heterocycles. The van der Waals surface area contributed by atoms with E-state index in [1.165, 1.54) is 0 Å². The molecule has 2 aromatic carbocycles. The second-order valence-corrected chi connectivity index (χ2v) is 5.77. The van der Waals surface area contributed by atoms with Gasteiger partial charge in [0.1, 0.15) is 11.4 Å². The van der Waals surface area contributed by atoms with Gasteiger partial charge in [0.25, 0.3) is 0 Å². The number of nitriles is 1. The van der Waals surface area contributed by atoms with Crippen LogP contribution in [0.5, 0.6) is 0 Å². The number of rotatable bonds is 4. The average molecular weight is 291 g/mol. The third-order valence-electron chi connectivity index (χ3n) is 3.21. The number of para-hydroxylation sites is 1. The normalized spacial score (nSPS) is 12.0. The molecule has 1 aromatic heterocycles. The Morgan fingerprint density at radius 1 is 1.00 bits per heavy atom. The Labute approximate surface area is 127 Å². The zero-order valence-corrected chi connectivity index (χ0v) is 12.1. The van der Waals surface area contributed by atoms with E-state index >= 15 is 0 Å². The van der Waals surface area contributed by atoms with Crippen LogP contribution in [0.25, 0.3) is 10.9 Å². The summed E-state index contributed by atoms with van der Waals surface area (Å²) in [6.07, 6.45) is 2.03. The first-order chi connectivity index (χ1) is 10.4. The topological polar surface area (TPSA) is 49.6 Å². The largest absolute Gasteiger partial charge is 0.236 e. The summed E-state index contributed by atoms with van der Waals surface area (Å²) in [6, 6.07) is 20.3. The Balaban J connectivity index is 1.97. The van der Waals surface area contributed by atoms with E-state index in [9.17, 15) is 0 Å². The molecule has 0 N–H and O–H groups in total. The number of benzene rings is 2. The van der Waals surface area contributed by atoms with Crippen LogP contribution < -0.4 is 0 Å². The van der Waals surface area contributed by atoms with Crippen molar-refractivity contribution in [1.82, 2.24) is 9.97 Å². The van der Waals surface area contributed by atoms with Crippen LogP contribution in [0.15, 0.2) is 66.0 Å².